The largest absolute Gasteiger partial charge is 0.488 e. The standard InChI is InChI=1S/C22H14Cl2FNO/c23-19-10-9-15(11-20(19)24)14-27-22-8-4-1-5-16(22)12-17(13-26)18-6-2-3-7-21(18)25/h1-12H,14H2/b17-12-. The maximum atomic E-state index is 14.0. The van der Waals surface area contributed by atoms with E-state index in [2.05, 4.69) is 6.07 Å². The minimum Gasteiger partial charge on any atom is -0.488 e. The van der Waals surface area contributed by atoms with Crippen molar-refractivity contribution >= 4 is 34.9 Å². The van der Waals surface area contributed by atoms with Gasteiger partial charge in [-0.2, -0.15) is 5.26 Å². The Morgan fingerprint density at radius 3 is 2.48 bits per heavy atom. The predicted molar refractivity (Wildman–Crippen MR) is 107 cm³/mol. The van der Waals surface area contributed by atoms with Crippen LogP contribution in [0.15, 0.2) is 66.7 Å². The van der Waals surface area contributed by atoms with Gasteiger partial charge in [-0.25, -0.2) is 4.39 Å². The van der Waals surface area contributed by atoms with Crippen LogP contribution in [-0.4, -0.2) is 0 Å². The molecule has 0 radical (unpaired) electrons. The number of rotatable bonds is 5. The van der Waals surface area contributed by atoms with Crippen molar-refractivity contribution in [2.24, 2.45) is 0 Å². The summed E-state index contributed by atoms with van der Waals surface area (Å²) in [5.41, 5.74) is 2.01. The second kappa shape index (κ2) is 8.73. The van der Waals surface area contributed by atoms with E-state index in [1.54, 1.807) is 42.5 Å². The molecule has 2 nitrogen and oxygen atoms in total. The van der Waals surface area contributed by atoms with Crippen molar-refractivity contribution in [1.82, 2.24) is 0 Å². The van der Waals surface area contributed by atoms with Gasteiger partial charge in [-0.05, 0) is 35.9 Å². The van der Waals surface area contributed by atoms with Gasteiger partial charge in [0.25, 0.3) is 0 Å². The van der Waals surface area contributed by atoms with E-state index in [-0.39, 0.29) is 17.7 Å². The predicted octanol–water partition coefficient (Wildman–Crippen LogP) is 6.78. The normalized spacial score (nSPS) is 11.1. The van der Waals surface area contributed by atoms with Crippen molar-refractivity contribution < 1.29 is 9.13 Å². The summed E-state index contributed by atoms with van der Waals surface area (Å²) < 4.78 is 19.9. The third-order valence-corrected chi connectivity index (χ3v) is 4.62. The summed E-state index contributed by atoms with van der Waals surface area (Å²) in [6.07, 6.45) is 1.61. The molecule has 0 aliphatic rings. The summed E-state index contributed by atoms with van der Waals surface area (Å²) in [5.74, 6) is 0.132. The SMILES string of the molecule is N#C/C(=C/c1ccccc1OCc1ccc(Cl)c(Cl)c1)c1ccccc1F. The summed E-state index contributed by atoms with van der Waals surface area (Å²) in [6, 6.07) is 20.8. The van der Waals surface area contributed by atoms with Crippen LogP contribution in [0.5, 0.6) is 5.75 Å². The van der Waals surface area contributed by atoms with Gasteiger partial charge in [0.2, 0.25) is 0 Å². The number of allylic oxidation sites excluding steroid dienone is 1. The molecule has 0 amide bonds. The first kappa shape index (κ1) is 19.0. The number of nitrogens with zero attached hydrogens (tertiary/aromatic N) is 1. The Balaban J connectivity index is 1.88. The zero-order valence-electron chi connectivity index (χ0n) is 14.1. The average Bonchev–Trinajstić information content (AvgIpc) is 2.68. The minimum absolute atomic E-state index is 0.221. The molecule has 0 aliphatic carbocycles. The van der Waals surface area contributed by atoms with Gasteiger partial charge in [0.05, 0.1) is 21.7 Å². The zero-order chi connectivity index (χ0) is 19.2. The highest BCUT2D eigenvalue weighted by atomic mass is 35.5. The molecule has 0 atom stereocenters. The molecular weight excluding hydrogens is 384 g/mol. The second-order valence-electron chi connectivity index (χ2n) is 5.72. The van der Waals surface area contributed by atoms with Crippen molar-refractivity contribution in [3.63, 3.8) is 0 Å². The molecule has 0 heterocycles. The molecular formula is C22H14Cl2FNO. The molecule has 0 unspecified atom stereocenters. The number of nitriles is 1. The molecule has 27 heavy (non-hydrogen) atoms. The second-order valence-corrected chi connectivity index (χ2v) is 6.54. The van der Waals surface area contributed by atoms with E-state index in [0.29, 0.717) is 21.4 Å². The van der Waals surface area contributed by atoms with Crippen molar-refractivity contribution in [3.8, 4) is 11.8 Å². The Bertz CT molecular complexity index is 1040. The summed E-state index contributed by atoms with van der Waals surface area (Å²) >= 11 is 12.0. The van der Waals surface area contributed by atoms with E-state index < -0.39 is 5.82 Å². The van der Waals surface area contributed by atoms with Gasteiger partial charge in [0.15, 0.2) is 0 Å². The number of hydrogen-bond acceptors (Lipinski definition) is 2. The van der Waals surface area contributed by atoms with Crippen molar-refractivity contribution in [2.75, 3.05) is 0 Å². The van der Waals surface area contributed by atoms with E-state index in [9.17, 15) is 9.65 Å². The minimum atomic E-state index is -0.445. The van der Waals surface area contributed by atoms with Gasteiger partial charge in [-0.15, -0.1) is 0 Å². The number of para-hydroxylation sites is 1. The van der Waals surface area contributed by atoms with Crippen LogP contribution in [-0.2, 0) is 6.61 Å². The van der Waals surface area contributed by atoms with E-state index in [1.807, 2.05) is 24.3 Å². The molecule has 3 aromatic rings. The van der Waals surface area contributed by atoms with E-state index in [0.717, 1.165) is 5.56 Å². The number of ether oxygens (including phenoxy) is 1. The maximum absolute atomic E-state index is 14.0. The fourth-order valence-electron chi connectivity index (χ4n) is 2.53. The van der Waals surface area contributed by atoms with Crippen LogP contribution in [0.3, 0.4) is 0 Å². The first-order chi connectivity index (χ1) is 13.1. The Morgan fingerprint density at radius 2 is 1.74 bits per heavy atom. The van der Waals surface area contributed by atoms with Crippen LogP contribution in [0.2, 0.25) is 10.0 Å². The Labute approximate surface area is 167 Å². The fourth-order valence-corrected chi connectivity index (χ4v) is 2.85. The number of halogens is 3. The molecule has 0 saturated heterocycles. The van der Waals surface area contributed by atoms with Gasteiger partial charge < -0.3 is 4.74 Å². The fraction of sp³-hybridized carbons (Fsp3) is 0.0455. The molecule has 3 aromatic carbocycles. The molecule has 0 fully saturated rings. The van der Waals surface area contributed by atoms with Crippen LogP contribution in [0.4, 0.5) is 4.39 Å². The molecule has 0 saturated carbocycles. The lowest BCUT2D eigenvalue weighted by atomic mass is 10.0. The van der Waals surface area contributed by atoms with Crippen LogP contribution < -0.4 is 4.74 Å². The van der Waals surface area contributed by atoms with Gasteiger partial charge in [0, 0.05) is 11.1 Å². The Kier molecular flexibility index (Phi) is 6.13. The first-order valence-corrected chi connectivity index (χ1v) is 8.86. The van der Waals surface area contributed by atoms with Gasteiger partial charge in [-0.1, -0.05) is 65.7 Å². The molecule has 0 spiro atoms. The van der Waals surface area contributed by atoms with Gasteiger partial charge >= 0.3 is 0 Å². The lowest BCUT2D eigenvalue weighted by molar-refractivity contribution is 0.305. The van der Waals surface area contributed by atoms with E-state index in [4.69, 9.17) is 27.9 Å². The molecule has 3 rings (SSSR count). The Morgan fingerprint density at radius 1 is 1.00 bits per heavy atom. The van der Waals surface area contributed by atoms with Crippen molar-refractivity contribution in [3.05, 3.63) is 99.3 Å². The highest BCUT2D eigenvalue weighted by Gasteiger charge is 2.09. The topological polar surface area (TPSA) is 33.0 Å². The van der Waals surface area contributed by atoms with Crippen molar-refractivity contribution in [1.29, 1.82) is 5.26 Å². The molecule has 0 bridgehead atoms. The van der Waals surface area contributed by atoms with Gasteiger partial charge in [0.1, 0.15) is 18.2 Å². The highest BCUT2D eigenvalue weighted by molar-refractivity contribution is 6.42. The van der Waals surface area contributed by atoms with E-state index >= 15 is 0 Å². The highest BCUT2D eigenvalue weighted by Crippen LogP contribution is 2.27. The first-order valence-electron chi connectivity index (χ1n) is 8.11. The monoisotopic (exact) mass is 397 g/mol. The summed E-state index contributed by atoms with van der Waals surface area (Å²) in [7, 11) is 0. The lowest BCUT2D eigenvalue weighted by Crippen LogP contribution is -1.97. The molecule has 0 aliphatic heterocycles. The smallest absolute Gasteiger partial charge is 0.131 e. The van der Waals surface area contributed by atoms with Gasteiger partial charge in [-0.3, -0.25) is 0 Å². The third-order valence-electron chi connectivity index (χ3n) is 3.88. The summed E-state index contributed by atoms with van der Waals surface area (Å²) in [5, 5.41) is 10.4. The summed E-state index contributed by atoms with van der Waals surface area (Å²) in [6.45, 7) is 0.281. The van der Waals surface area contributed by atoms with Crippen LogP contribution in [0.1, 0.15) is 16.7 Å². The summed E-state index contributed by atoms with van der Waals surface area (Å²) in [4.78, 5) is 0. The lowest BCUT2D eigenvalue weighted by Gasteiger charge is -2.10. The van der Waals surface area contributed by atoms with Crippen LogP contribution in [0.25, 0.3) is 11.6 Å². The quantitative estimate of drug-likeness (QED) is 0.351. The Hall–Kier alpha value is -2.80. The number of hydrogen-bond donors (Lipinski definition) is 0. The molecule has 0 aromatic heterocycles. The molecule has 134 valence electrons. The van der Waals surface area contributed by atoms with E-state index in [1.165, 1.54) is 6.07 Å². The van der Waals surface area contributed by atoms with Crippen molar-refractivity contribution in [2.45, 2.75) is 6.61 Å². The average molecular weight is 398 g/mol. The molecule has 0 N–H and O–H groups in total. The molecule has 5 heteroatoms. The number of benzene rings is 3. The van der Waals surface area contributed by atoms with Crippen LogP contribution >= 0.6 is 23.2 Å². The third kappa shape index (κ3) is 4.68. The zero-order valence-corrected chi connectivity index (χ0v) is 15.6. The van der Waals surface area contributed by atoms with Crippen LogP contribution in [0, 0.1) is 17.1 Å². The maximum Gasteiger partial charge on any atom is 0.131 e.